The summed E-state index contributed by atoms with van der Waals surface area (Å²) in [4.78, 5) is 11.8. The van der Waals surface area contributed by atoms with Gasteiger partial charge in [-0.2, -0.15) is 0 Å². The van der Waals surface area contributed by atoms with Gasteiger partial charge in [-0.05, 0) is 24.8 Å². The number of amides is 1. The predicted octanol–water partition coefficient (Wildman–Crippen LogP) is -1.07. The van der Waals surface area contributed by atoms with Gasteiger partial charge in [-0.1, -0.05) is 0 Å². The second-order valence-electron chi connectivity index (χ2n) is 4.71. The lowest BCUT2D eigenvalue weighted by molar-refractivity contribution is -0.124. The molecule has 3 fully saturated rings. The van der Waals surface area contributed by atoms with Crippen molar-refractivity contribution in [2.45, 2.75) is 12.5 Å². The minimum absolute atomic E-state index is 0.226. The van der Waals surface area contributed by atoms with Crippen molar-refractivity contribution in [3.05, 3.63) is 0 Å². The summed E-state index contributed by atoms with van der Waals surface area (Å²) >= 11 is 0. The third-order valence-electron chi connectivity index (χ3n) is 3.83. The van der Waals surface area contributed by atoms with E-state index < -0.39 is 0 Å². The highest BCUT2D eigenvalue weighted by Crippen LogP contribution is 2.41. The fraction of sp³-hybridized carbons (Fsp3) is 0.900. The third kappa shape index (κ3) is 1.33. The molecule has 3 atom stereocenters. The van der Waals surface area contributed by atoms with Crippen LogP contribution >= 0.6 is 0 Å². The molecule has 0 spiro atoms. The quantitative estimate of drug-likeness (QED) is 0.526. The molecule has 2 heterocycles. The van der Waals surface area contributed by atoms with Crippen molar-refractivity contribution in [2.75, 3.05) is 26.2 Å². The van der Waals surface area contributed by atoms with Gasteiger partial charge in [-0.15, -0.1) is 0 Å². The van der Waals surface area contributed by atoms with Crippen LogP contribution in [0.5, 0.6) is 0 Å². The fourth-order valence-electron chi connectivity index (χ4n) is 2.79. The molecule has 3 aliphatic rings. The number of fused-ring (bicyclic) bond motifs is 1. The van der Waals surface area contributed by atoms with Crippen molar-refractivity contribution in [2.24, 2.45) is 17.8 Å². The average molecular weight is 195 g/mol. The van der Waals surface area contributed by atoms with Crippen LogP contribution in [0.4, 0.5) is 0 Å². The van der Waals surface area contributed by atoms with Crippen LogP contribution in [0.15, 0.2) is 0 Å². The largest absolute Gasteiger partial charge is 0.352 e. The van der Waals surface area contributed by atoms with E-state index >= 15 is 0 Å². The Morgan fingerprint density at radius 3 is 2.57 bits per heavy atom. The van der Waals surface area contributed by atoms with Crippen LogP contribution in [0.1, 0.15) is 6.42 Å². The molecule has 4 nitrogen and oxygen atoms in total. The van der Waals surface area contributed by atoms with E-state index in [0.29, 0.717) is 6.04 Å². The molecule has 3 N–H and O–H groups in total. The number of piperidine rings is 1. The highest BCUT2D eigenvalue weighted by molar-refractivity contribution is 5.80. The molecular weight excluding hydrogens is 178 g/mol. The van der Waals surface area contributed by atoms with Crippen molar-refractivity contribution in [1.82, 2.24) is 16.0 Å². The average Bonchev–Trinajstić information content (AvgIpc) is 2.75. The lowest BCUT2D eigenvalue weighted by atomic mass is 10.1. The monoisotopic (exact) mass is 195 g/mol. The highest BCUT2D eigenvalue weighted by Gasteiger charge is 2.53. The Morgan fingerprint density at radius 2 is 1.93 bits per heavy atom. The number of hydrogen-bond acceptors (Lipinski definition) is 3. The SMILES string of the molecule is O=C(NC1C2CNCC21)C1CCNC1. The number of hydrogen-bond donors (Lipinski definition) is 3. The van der Waals surface area contributed by atoms with Crippen molar-refractivity contribution >= 4 is 5.91 Å². The minimum Gasteiger partial charge on any atom is -0.352 e. The van der Waals surface area contributed by atoms with Crippen LogP contribution in [0, 0.1) is 17.8 Å². The Labute approximate surface area is 83.8 Å². The van der Waals surface area contributed by atoms with Gasteiger partial charge in [0.05, 0.1) is 5.92 Å². The first-order valence-electron chi connectivity index (χ1n) is 5.58. The third-order valence-corrected chi connectivity index (χ3v) is 3.83. The maximum atomic E-state index is 11.8. The van der Waals surface area contributed by atoms with E-state index in [9.17, 15) is 4.79 Å². The molecule has 3 unspecified atom stereocenters. The van der Waals surface area contributed by atoms with Gasteiger partial charge in [-0.3, -0.25) is 4.79 Å². The smallest absolute Gasteiger partial charge is 0.224 e. The summed E-state index contributed by atoms with van der Waals surface area (Å²) in [6, 6.07) is 0.490. The molecule has 3 rings (SSSR count). The van der Waals surface area contributed by atoms with E-state index in [0.717, 1.165) is 44.4 Å². The van der Waals surface area contributed by atoms with Gasteiger partial charge in [0.1, 0.15) is 0 Å². The first-order chi connectivity index (χ1) is 6.86. The Hall–Kier alpha value is -0.610. The van der Waals surface area contributed by atoms with Gasteiger partial charge >= 0.3 is 0 Å². The van der Waals surface area contributed by atoms with Crippen LogP contribution in [-0.4, -0.2) is 38.1 Å². The predicted molar refractivity (Wildman–Crippen MR) is 52.8 cm³/mol. The summed E-state index contributed by atoms with van der Waals surface area (Å²) < 4.78 is 0. The highest BCUT2D eigenvalue weighted by atomic mass is 16.2. The lowest BCUT2D eigenvalue weighted by Crippen LogP contribution is -2.37. The van der Waals surface area contributed by atoms with Gasteiger partial charge in [0, 0.05) is 25.7 Å². The van der Waals surface area contributed by atoms with E-state index in [1.165, 1.54) is 0 Å². The van der Waals surface area contributed by atoms with Crippen LogP contribution in [-0.2, 0) is 4.79 Å². The molecule has 4 heteroatoms. The molecular formula is C10H17N3O. The molecule has 78 valence electrons. The summed E-state index contributed by atoms with van der Waals surface area (Å²) in [6.45, 7) is 4.06. The Morgan fingerprint density at radius 1 is 1.14 bits per heavy atom. The van der Waals surface area contributed by atoms with Crippen LogP contribution in [0.2, 0.25) is 0 Å². The molecule has 14 heavy (non-hydrogen) atoms. The van der Waals surface area contributed by atoms with Crippen LogP contribution in [0.25, 0.3) is 0 Å². The van der Waals surface area contributed by atoms with Gasteiger partial charge in [0.2, 0.25) is 5.91 Å². The van der Waals surface area contributed by atoms with E-state index in [1.807, 2.05) is 0 Å². The van der Waals surface area contributed by atoms with Crippen molar-refractivity contribution in [3.63, 3.8) is 0 Å². The van der Waals surface area contributed by atoms with Gasteiger partial charge < -0.3 is 16.0 Å². The number of nitrogens with one attached hydrogen (secondary N) is 3. The molecule has 1 amide bonds. The zero-order chi connectivity index (χ0) is 9.54. The molecule has 0 aromatic carbocycles. The van der Waals surface area contributed by atoms with E-state index in [-0.39, 0.29) is 11.8 Å². The van der Waals surface area contributed by atoms with E-state index in [4.69, 9.17) is 0 Å². The first kappa shape index (κ1) is 8.68. The van der Waals surface area contributed by atoms with E-state index in [2.05, 4.69) is 16.0 Å². The molecule has 1 aliphatic carbocycles. The normalized spacial score (nSPS) is 44.9. The van der Waals surface area contributed by atoms with Crippen molar-refractivity contribution < 1.29 is 4.79 Å². The summed E-state index contributed by atoms with van der Waals surface area (Å²) in [6.07, 6.45) is 1.01. The van der Waals surface area contributed by atoms with Crippen molar-refractivity contribution in [3.8, 4) is 0 Å². The number of carbonyl (C=O) groups is 1. The number of carbonyl (C=O) groups excluding carboxylic acids is 1. The second kappa shape index (κ2) is 3.21. The summed E-state index contributed by atoms with van der Waals surface area (Å²) in [7, 11) is 0. The zero-order valence-electron chi connectivity index (χ0n) is 8.25. The summed E-state index contributed by atoms with van der Waals surface area (Å²) in [5, 5.41) is 9.73. The molecule has 0 radical (unpaired) electrons. The van der Waals surface area contributed by atoms with Crippen LogP contribution in [0.3, 0.4) is 0 Å². The molecule has 0 aromatic heterocycles. The molecule has 1 saturated carbocycles. The molecule has 2 aliphatic heterocycles. The van der Waals surface area contributed by atoms with Gasteiger partial charge in [0.25, 0.3) is 0 Å². The van der Waals surface area contributed by atoms with Crippen LogP contribution < -0.4 is 16.0 Å². The Kier molecular flexibility index (Phi) is 1.99. The Bertz CT molecular complexity index is 240. The maximum absolute atomic E-state index is 11.8. The standard InChI is InChI=1S/C10H17N3O/c14-10(6-1-2-11-3-6)13-9-7-4-12-5-8(7)9/h6-9,11-12H,1-5H2,(H,13,14). The Balaban J connectivity index is 1.50. The van der Waals surface area contributed by atoms with E-state index in [1.54, 1.807) is 0 Å². The van der Waals surface area contributed by atoms with Gasteiger partial charge in [0.15, 0.2) is 0 Å². The number of rotatable bonds is 2. The molecule has 2 saturated heterocycles. The fourth-order valence-corrected chi connectivity index (χ4v) is 2.79. The molecule has 0 bridgehead atoms. The summed E-state index contributed by atoms with van der Waals surface area (Å²) in [5.41, 5.74) is 0. The lowest BCUT2D eigenvalue weighted by Gasteiger charge is -2.11. The summed E-state index contributed by atoms with van der Waals surface area (Å²) in [5.74, 6) is 1.96. The van der Waals surface area contributed by atoms with Gasteiger partial charge in [-0.25, -0.2) is 0 Å². The van der Waals surface area contributed by atoms with Crippen molar-refractivity contribution in [1.29, 1.82) is 0 Å². The maximum Gasteiger partial charge on any atom is 0.224 e. The zero-order valence-corrected chi connectivity index (χ0v) is 8.25. The topological polar surface area (TPSA) is 53.2 Å². The second-order valence-corrected chi connectivity index (χ2v) is 4.71. The molecule has 0 aromatic rings. The first-order valence-corrected chi connectivity index (χ1v) is 5.58. The minimum atomic E-state index is 0.226.